The van der Waals surface area contributed by atoms with Gasteiger partial charge in [-0.1, -0.05) is 141 Å². The summed E-state index contributed by atoms with van der Waals surface area (Å²) in [6.07, 6.45) is 0. The molecule has 1 spiro atoms. The lowest BCUT2D eigenvalue weighted by molar-refractivity contribution is 0.795. The number of benzene rings is 8. The Kier molecular flexibility index (Phi) is 6.05. The molecule has 0 unspecified atom stereocenters. The van der Waals surface area contributed by atoms with E-state index in [4.69, 9.17) is 0 Å². The Labute approximate surface area is 287 Å². The third-order valence-corrected chi connectivity index (χ3v) is 11.0. The van der Waals surface area contributed by atoms with Crippen LogP contribution in [0.15, 0.2) is 170 Å². The van der Waals surface area contributed by atoms with Crippen LogP contribution in [-0.2, 0) is 5.41 Å². The van der Waals surface area contributed by atoms with E-state index >= 15 is 0 Å². The highest BCUT2D eigenvalue weighted by Crippen LogP contribution is 2.65. The fourth-order valence-corrected chi connectivity index (χ4v) is 8.86. The molecule has 0 aromatic heterocycles. The first-order chi connectivity index (χ1) is 24.1. The van der Waals surface area contributed by atoms with E-state index in [1.165, 1.54) is 77.3 Å². The number of hydrogen-bond acceptors (Lipinski definition) is 1. The fraction of sp³-hybridized carbons (Fsp3) is 0.0833. The summed E-state index contributed by atoms with van der Waals surface area (Å²) in [5.74, 6) is 0.469. The van der Waals surface area contributed by atoms with E-state index < -0.39 is 5.41 Å². The maximum absolute atomic E-state index is 2.53. The van der Waals surface area contributed by atoms with Gasteiger partial charge in [-0.3, -0.25) is 0 Å². The lowest BCUT2D eigenvalue weighted by Crippen LogP contribution is -2.26. The van der Waals surface area contributed by atoms with Crippen LogP contribution in [0.4, 0.5) is 17.1 Å². The number of anilines is 3. The standard InChI is InChI=1S/C48H35N/c1-31(2)32-24-26-36(27-25-32)49(35-16-4-3-5-17-35)46-30-45-47(40-21-9-8-20-39(40)46)41-28-33-14-6-7-15-34(33)29-44(41)48(45)42-22-12-10-18-37(42)38-19-11-13-23-43(38)48/h3-31H,1-2H3. The first-order valence-electron chi connectivity index (χ1n) is 17.4. The van der Waals surface area contributed by atoms with E-state index in [9.17, 15) is 0 Å². The average molecular weight is 626 g/mol. The summed E-state index contributed by atoms with van der Waals surface area (Å²) >= 11 is 0. The smallest absolute Gasteiger partial charge is 0.0726 e. The minimum Gasteiger partial charge on any atom is -0.310 e. The molecule has 49 heavy (non-hydrogen) atoms. The topological polar surface area (TPSA) is 3.24 Å². The van der Waals surface area contributed by atoms with Gasteiger partial charge >= 0.3 is 0 Å². The van der Waals surface area contributed by atoms with Crippen molar-refractivity contribution in [1.82, 2.24) is 0 Å². The molecule has 0 saturated carbocycles. The maximum Gasteiger partial charge on any atom is 0.0726 e. The predicted octanol–water partition coefficient (Wildman–Crippen LogP) is 12.9. The summed E-state index contributed by atoms with van der Waals surface area (Å²) in [5.41, 5.74) is 15.1. The molecule has 0 fully saturated rings. The van der Waals surface area contributed by atoms with Crippen LogP contribution < -0.4 is 4.90 Å². The zero-order valence-corrected chi connectivity index (χ0v) is 27.7. The molecule has 8 aromatic carbocycles. The van der Waals surface area contributed by atoms with Gasteiger partial charge in [-0.05, 0) is 115 Å². The third kappa shape index (κ3) is 3.87. The molecule has 0 N–H and O–H groups in total. The van der Waals surface area contributed by atoms with Gasteiger partial charge in [0.25, 0.3) is 0 Å². The van der Waals surface area contributed by atoms with Crippen LogP contribution >= 0.6 is 0 Å². The second-order valence-corrected chi connectivity index (χ2v) is 13.9. The zero-order chi connectivity index (χ0) is 32.7. The van der Waals surface area contributed by atoms with Gasteiger partial charge in [0.05, 0.1) is 11.1 Å². The van der Waals surface area contributed by atoms with Crippen LogP contribution in [0, 0.1) is 0 Å². The highest BCUT2D eigenvalue weighted by atomic mass is 15.1. The molecule has 0 amide bonds. The van der Waals surface area contributed by atoms with Crippen molar-refractivity contribution in [2.75, 3.05) is 4.90 Å². The fourth-order valence-electron chi connectivity index (χ4n) is 8.86. The normalized spacial score (nSPS) is 13.4. The quantitative estimate of drug-likeness (QED) is 0.188. The number of para-hydroxylation sites is 1. The second kappa shape index (κ2) is 10.5. The lowest BCUT2D eigenvalue weighted by Gasteiger charge is -2.33. The van der Waals surface area contributed by atoms with Gasteiger partial charge in [-0.25, -0.2) is 0 Å². The highest BCUT2D eigenvalue weighted by Gasteiger charge is 2.52. The summed E-state index contributed by atoms with van der Waals surface area (Å²) in [6.45, 7) is 4.52. The van der Waals surface area contributed by atoms with Crippen LogP contribution in [0.3, 0.4) is 0 Å². The SMILES string of the molecule is CC(C)c1ccc(N(c2ccccc2)c2cc3c(c4ccccc24)-c2cc4ccccc4cc2C32c3ccccc3-c3ccccc32)cc1. The van der Waals surface area contributed by atoms with Crippen molar-refractivity contribution >= 4 is 38.6 Å². The zero-order valence-electron chi connectivity index (χ0n) is 27.7. The van der Waals surface area contributed by atoms with E-state index in [0.29, 0.717) is 5.92 Å². The Morgan fingerprint density at radius 2 is 0.980 bits per heavy atom. The minimum atomic E-state index is -0.454. The Morgan fingerprint density at radius 3 is 1.65 bits per heavy atom. The van der Waals surface area contributed by atoms with Crippen LogP contribution in [0.5, 0.6) is 0 Å². The van der Waals surface area contributed by atoms with Crippen molar-refractivity contribution < 1.29 is 0 Å². The molecule has 1 heteroatoms. The van der Waals surface area contributed by atoms with Crippen molar-refractivity contribution in [3.8, 4) is 22.3 Å². The number of rotatable bonds is 4. The molecule has 0 saturated heterocycles. The van der Waals surface area contributed by atoms with Gasteiger partial charge in [0.15, 0.2) is 0 Å². The highest BCUT2D eigenvalue weighted by molar-refractivity contribution is 6.13. The molecule has 0 bridgehead atoms. The molecular formula is C48H35N. The van der Waals surface area contributed by atoms with E-state index in [-0.39, 0.29) is 0 Å². The van der Waals surface area contributed by atoms with Crippen molar-refractivity contribution in [2.45, 2.75) is 25.2 Å². The van der Waals surface area contributed by atoms with Crippen molar-refractivity contribution in [3.63, 3.8) is 0 Å². The van der Waals surface area contributed by atoms with E-state index in [2.05, 4.69) is 189 Å². The summed E-state index contributed by atoms with van der Waals surface area (Å²) in [5, 5.41) is 5.07. The summed E-state index contributed by atoms with van der Waals surface area (Å²) in [7, 11) is 0. The monoisotopic (exact) mass is 625 g/mol. The molecule has 0 heterocycles. The molecule has 0 aliphatic heterocycles. The van der Waals surface area contributed by atoms with Crippen LogP contribution in [0.2, 0.25) is 0 Å². The minimum absolute atomic E-state index is 0.454. The molecule has 0 radical (unpaired) electrons. The Hall–Kier alpha value is -5.92. The average Bonchev–Trinajstić information content (AvgIpc) is 3.61. The largest absolute Gasteiger partial charge is 0.310 e. The first kappa shape index (κ1) is 28.1. The molecular weight excluding hydrogens is 591 g/mol. The summed E-state index contributed by atoms with van der Waals surface area (Å²) in [6, 6.07) is 63.6. The molecule has 10 rings (SSSR count). The van der Waals surface area contributed by atoms with Crippen LogP contribution in [0.25, 0.3) is 43.8 Å². The molecule has 2 aliphatic carbocycles. The van der Waals surface area contributed by atoms with Gasteiger partial charge in [0.1, 0.15) is 0 Å². The molecule has 8 aromatic rings. The van der Waals surface area contributed by atoms with Gasteiger partial charge in [0, 0.05) is 16.8 Å². The summed E-state index contributed by atoms with van der Waals surface area (Å²) < 4.78 is 0. The second-order valence-electron chi connectivity index (χ2n) is 13.9. The van der Waals surface area contributed by atoms with Crippen LogP contribution in [-0.4, -0.2) is 0 Å². The van der Waals surface area contributed by atoms with Gasteiger partial charge in [0.2, 0.25) is 0 Å². The molecule has 2 aliphatic rings. The van der Waals surface area contributed by atoms with Crippen molar-refractivity contribution in [2.24, 2.45) is 0 Å². The first-order valence-corrected chi connectivity index (χ1v) is 17.4. The van der Waals surface area contributed by atoms with Gasteiger partial charge in [-0.2, -0.15) is 0 Å². The number of hydrogen-bond donors (Lipinski definition) is 0. The van der Waals surface area contributed by atoms with E-state index in [0.717, 1.165) is 11.4 Å². The maximum atomic E-state index is 2.53. The Bertz CT molecular complexity index is 2530. The molecule has 1 nitrogen and oxygen atoms in total. The van der Waals surface area contributed by atoms with Gasteiger partial charge in [-0.15, -0.1) is 0 Å². The molecule has 0 atom stereocenters. The number of nitrogens with zero attached hydrogens (tertiary/aromatic N) is 1. The van der Waals surface area contributed by atoms with Crippen molar-refractivity contribution in [3.05, 3.63) is 198 Å². The Morgan fingerprint density at radius 1 is 0.429 bits per heavy atom. The number of fused-ring (bicyclic) bond motifs is 13. The predicted molar refractivity (Wildman–Crippen MR) is 207 cm³/mol. The van der Waals surface area contributed by atoms with Crippen molar-refractivity contribution in [1.29, 1.82) is 0 Å². The van der Waals surface area contributed by atoms with E-state index in [1.54, 1.807) is 0 Å². The lowest BCUT2D eigenvalue weighted by atomic mass is 9.70. The summed E-state index contributed by atoms with van der Waals surface area (Å²) in [4.78, 5) is 2.46. The van der Waals surface area contributed by atoms with Gasteiger partial charge < -0.3 is 4.90 Å². The van der Waals surface area contributed by atoms with E-state index in [1.807, 2.05) is 0 Å². The third-order valence-electron chi connectivity index (χ3n) is 11.0. The van der Waals surface area contributed by atoms with Crippen LogP contribution in [0.1, 0.15) is 47.6 Å². The molecule has 232 valence electrons. The Balaban J connectivity index is 1.37.